The van der Waals surface area contributed by atoms with E-state index in [0.717, 1.165) is 6.42 Å². The standard InChI is InChI=1S/C15H13ClN2OS/c16-11-8-10(17)5-6-12(11)18-15(19)14-7-9-3-1-2-4-13(9)20-14/h1-6,8,14H,7,17H2,(H,18,19). The van der Waals surface area contributed by atoms with E-state index >= 15 is 0 Å². The van der Waals surface area contributed by atoms with Crippen LogP contribution in [0.2, 0.25) is 5.02 Å². The molecule has 1 unspecified atom stereocenters. The number of thioether (sulfide) groups is 1. The molecule has 1 amide bonds. The number of carbonyl (C=O) groups excluding carboxylic acids is 1. The number of nitrogens with one attached hydrogen (secondary N) is 1. The largest absolute Gasteiger partial charge is 0.399 e. The van der Waals surface area contributed by atoms with Crippen LogP contribution in [-0.4, -0.2) is 11.2 Å². The first-order valence-electron chi connectivity index (χ1n) is 6.24. The Morgan fingerprint density at radius 2 is 2.10 bits per heavy atom. The highest BCUT2D eigenvalue weighted by molar-refractivity contribution is 8.01. The van der Waals surface area contributed by atoms with Crippen molar-refractivity contribution in [1.82, 2.24) is 0 Å². The van der Waals surface area contributed by atoms with Crippen molar-refractivity contribution >= 4 is 40.6 Å². The van der Waals surface area contributed by atoms with Crippen LogP contribution in [0.1, 0.15) is 5.56 Å². The average molecular weight is 305 g/mol. The van der Waals surface area contributed by atoms with E-state index in [9.17, 15) is 4.79 Å². The van der Waals surface area contributed by atoms with Gasteiger partial charge in [-0.1, -0.05) is 29.8 Å². The fourth-order valence-corrected chi connectivity index (χ4v) is 3.61. The summed E-state index contributed by atoms with van der Waals surface area (Å²) < 4.78 is 0. The zero-order chi connectivity index (χ0) is 14.1. The van der Waals surface area contributed by atoms with E-state index in [1.54, 1.807) is 30.0 Å². The van der Waals surface area contributed by atoms with E-state index in [1.807, 2.05) is 18.2 Å². The Hall–Kier alpha value is -1.65. The maximum atomic E-state index is 12.3. The molecule has 0 saturated heterocycles. The summed E-state index contributed by atoms with van der Waals surface area (Å²) in [6, 6.07) is 13.2. The van der Waals surface area contributed by atoms with Crippen molar-refractivity contribution in [2.24, 2.45) is 0 Å². The van der Waals surface area contributed by atoms with E-state index < -0.39 is 0 Å². The van der Waals surface area contributed by atoms with E-state index in [4.69, 9.17) is 17.3 Å². The molecular formula is C15H13ClN2OS. The van der Waals surface area contributed by atoms with Gasteiger partial charge in [0.1, 0.15) is 0 Å². The van der Waals surface area contributed by atoms with Crippen LogP contribution in [0.15, 0.2) is 47.4 Å². The number of hydrogen-bond donors (Lipinski definition) is 2. The van der Waals surface area contributed by atoms with Gasteiger partial charge in [-0.05, 0) is 36.2 Å². The number of fused-ring (bicyclic) bond motifs is 1. The molecule has 3 N–H and O–H groups in total. The topological polar surface area (TPSA) is 55.1 Å². The Morgan fingerprint density at radius 3 is 2.85 bits per heavy atom. The van der Waals surface area contributed by atoms with Gasteiger partial charge in [-0.15, -0.1) is 11.8 Å². The smallest absolute Gasteiger partial charge is 0.238 e. The van der Waals surface area contributed by atoms with Crippen LogP contribution < -0.4 is 11.1 Å². The van der Waals surface area contributed by atoms with Gasteiger partial charge < -0.3 is 11.1 Å². The molecule has 20 heavy (non-hydrogen) atoms. The Morgan fingerprint density at radius 1 is 1.30 bits per heavy atom. The van der Waals surface area contributed by atoms with E-state index in [1.165, 1.54) is 10.5 Å². The van der Waals surface area contributed by atoms with Gasteiger partial charge in [0.2, 0.25) is 5.91 Å². The molecule has 2 aromatic carbocycles. The molecule has 0 aromatic heterocycles. The summed E-state index contributed by atoms with van der Waals surface area (Å²) in [6.45, 7) is 0. The highest BCUT2D eigenvalue weighted by atomic mass is 35.5. The van der Waals surface area contributed by atoms with Crippen molar-refractivity contribution in [2.75, 3.05) is 11.1 Å². The summed E-state index contributed by atoms with van der Waals surface area (Å²) in [4.78, 5) is 13.5. The Bertz CT molecular complexity index is 650. The third-order valence-corrected chi connectivity index (χ3v) is 4.82. The van der Waals surface area contributed by atoms with Gasteiger partial charge in [0.05, 0.1) is 16.0 Å². The number of halogens is 1. The quantitative estimate of drug-likeness (QED) is 0.834. The molecule has 102 valence electrons. The van der Waals surface area contributed by atoms with Gasteiger partial charge in [-0.2, -0.15) is 0 Å². The lowest BCUT2D eigenvalue weighted by Crippen LogP contribution is -2.24. The number of benzene rings is 2. The van der Waals surface area contributed by atoms with Crippen molar-refractivity contribution in [2.45, 2.75) is 16.6 Å². The first-order chi connectivity index (χ1) is 9.63. The molecule has 0 radical (unpaired) electrons. The zero-order valence-corrected chi connectivity index (χ0v) is 12.2. The molecule has 1 heterocycles. The highest BCUT2D eigenvalue weighted by Crippen LogP contribution is 2.37. The van der Waals surface area contributed by atoms with Crippen LogP contribution in [0.25, 0.3) is 0 Å². The van der Waals surface area contributed by atoms with Crippen molar-refractivity contribution in [1.29, 1.82) is 0 Å². The first-order valence-corrected chi connectivity index (χ1v) is 7.50. The molecule has 0 saturated carbocycles. The molecule has 2 aromatic rings. The van der Waals surface area contributed by atoms with Gasteiger partial charge in [0.15, 0.2) is 0 Å². The molecule has 1 atom stereocenters. The third kappa shape index (κ3) is 2.62. The molecule has 0 aliphatic carbocycles. The fraction of sp³-hybridized carbons (Fsp3) is 0.133. The van der Waals surface area contributed by atoms with Crippen LogP contribution >= 0.6 is 23.4 Å². The number of hydrogen-bond acceptors (Lipinski definition) is 3. The van der Waals surface area contributed by atoms with Crippen molar-refractivity contribution in [3.8, 4) is 0 Å². The summed E-state index contributed by atoms with van der Waals surface area (Å²) in [5.74, 6) is -0.0297. The number of anilines is 2. The monoisotopic (exact) mass is 304 g/mol. The lowest BCUT2D eigenvalue weighted by atomic mass is 10.1. The van der Waals surface area contributed by atoms with Gasteiger partial charge in [0, 0.05) is 10.6 Å². The lowest BCUT2D eigenvalue weighted by molar-refractivity contribution is -0.115. The van der Waals surface area contributed by atoms with Crippen molar-refractivity contribution < 1.29 is 4.79 Å². The zero-order valence-electron chi connectivity index (χ0n) is 10.6. The minimum atomic E-state index is -0.110. The third-order valence-electron chi connectivity index (χ3n) is 3.19. The normalized spacial score (nSPS) is 16.8. The average Bonchev–Trinajstić information content (AvgIpc) is 2.86. The molecule has 5 heteroatoms. The number of carbonyl (C=O) groups is 1. The van der Waals surface area contributed by atoms with E-state index in [-0.39, 0.29) is 11.2 Å². The Labute approximate surface area is 126 Å². The summed E-state index contributed by atoms with van der Waals surface area (Å²) in [5.41, 5.74) is 8.04. The Kier molecular flexibility index (Phi) is 3.59. The van der Waals surface area contributed by atoms with Gasteiger partial charge in [0.25, 0.3) is 0 Å². The van der Waals surface area contributed by atoms with Crippen LogP contribution in [-0.2, 0) is 11.2 Å². The molecule has 0 bridgehead atoms. The summed E-state index contributed by atoms with van der Waals surface area (Å²) in [7, 11) is 0. The van der Waals surface area contributed by atoms with Gasteiger partial charge in [-0.3, -0.25) is 4.79 Å². The van der Waals surface area contributed by atoms with E-state index in [0.29, 0.717) is 16.4 Å². The second-order valence-corrected chi connectivity index (χ2v) is 6.30. The number of amides is 1. The van der Waals surface area contributed by atoms with Crippen LogP contribution in [0.3, 0.4) is 0 Å². The maximum Gasteiger partial charge on any atom is 0.238 e. The molecule has 0 fully saturated rings. The lowest BCUT2D eigenvalue weighted by Gasteiger charge is -2.11. The van der Waals surface area contributed by atoms with Crippen molar-refractivity contribution in [3.63, 3.8) is 0 Å². The molecular weight excluding hydrogens is 292 g/mol. The van der Waals surface area contributed by atoms with Crippen molar-refractivity contribution in [3.05, 3.63) is 53.1 Å². The molecule has 1 aliphatic heterocycles. The molecule has 3 nitrogen and oxygen atoms in total. The summed E-state index contributed by atoms with van der Waals surface area (Å²) >= 11 is 7.66. The van der Waals surface area contributed by atoms with E-state index in [2.05, 4.69) is 11.4 Å². The number of nitrogens with two attached hydrogens (primary N) is 1. The Balaban J connectivity index is 1.72. The SMILES string of the molecule is Nc1ccc(NC(=O)C2Cc3ccccc3S2)c(Cl)c1. The summed E-state index contributed by atoms with van der Waals surface area (Å²) in [6.07, 6.45) is 0.749. The molecule has 1 aliphatic rings. The minimum absolute atomic E-state index is 0.0297. The van der Waals surface area contributed by atoms with Crippen LogP contribution in [0.4, 0.5) is 11.4 Å². The second-order valence-electron chi connectivity index (χ2n) is 4.65. The molecule has 0 spiro atoms. The number of rotatable bonds is 2. The summed E-state index contributed by atoms with van der Waals surface area (Å²) in [5, 5.41) is 3.21. The van der Waals surface area contributed by atoms with Gasteiger partial charge in [-0.25, -0.2) is 0 Å². The predicted octanol–water partition coefficient (Wildman–Crippen LogP) is 3.58. The fourth-order valence-electron chi connectivity index (χ4n) is 2.17. The second kappa shape index (κ2) is 5.38. The highest BCUT2D eigenvalue weighted by Gasteiger charge is 2.28. The molecule has 3 rings (SSSR count). The number of nitrogen functional groups attached to an aromatic ring is 1. The van der Waals surface area contributed by atoms with Gasteiger partial charge >= 0.3 is 0 Å². The van der Waals surface area contributed by atoms with Crippen LogP contribution in [0, 0.1) is 0 Å². The van der Waals surface area contributed by atoms with Crippen LogP contribution in [0.5, 0.6) is 0 Å². The predicted molar refractivity (Wildman–Crippen MR) is 84.3 cm³/mol. The maximum absolute atomic E-state index is 12.3. The minimum Gasteiger partial charge on any atom is -0.399 e. The first kappa shape index (κ1) is 13.3.